The molecule has 2 heterocycles. The second-order valence-corrected chi connectivity index (χ2v) is 4.81. The first-order valence-electron chi connectivity index (χ1n) is 7.06. The quantitative estimate of drug-likeness (QED) is 0.778. The minimum Gasteiger partial charge on any atom is -0.484 e. The van der Waals surface area contributed by atoms with Gasteiger partial charge in [-0.2, -0.15) is 0 Å². The zero-order valence-corrected chi connectivity index (χ0v) is 12.0. The fourth-order valence-corrected chi connectivity index (χ4v) is 2.08. The van der Waals surface area contributed by atoms with E-state index in [0.29, 0.717) is 23.8 Å². The van der Waals surface area contributed by atoms with Crippen molar-refractivity contribution in [3.63, 3.8) is 0 Å². The standard InChI is InChI=1S/C15H17N3O4/c19-15(17-4-1-6-18-7-5-16-10-18)9-20-12-2-3-13-14(8-12)22-11-21-13/h2-3,5,7-8,10H,1,4,6,9,11H2,(H,17,19). The molecule has 0 unspecified atom stereocenters. The normalized spacial score (nSPS) is 12.2. The van der Waals surface area contributed by atoms with Gasteiger partial charge >= 0.3 is 0 Å². The van der Waals surface area contributed by atoms with Gasteiger partial charge in [0.05, 0.1) is 6.33 Å². The number of nitrogens with one attached hydrogen (secondary N) is 1. The van der Waals surface area contributed by atoms with Crippen LogP contribution in [0.4, 0.5) is 0 Å². The van der Waals surface area contributed by atoms with Crippen molar-refractivity contribution < 1.29 is 19.0 Å². The van der Waals surface area contributed by atoms with E-state index in [1.807, 2.05) is 10.8 Å². The van der Waals surface area contributed by atoms with Crippen LogP contribution in [0.3, 0.4) is 0 Å². The van der Waals surface area contributed by atoms with Crippen LogP contribution in [0.25, 0.3) is 0 Å². The van der Waals surface area contributed by atoms with Crippen molar-refractivity contribution in [2.45, 2.75) is 13.0 Å². The number of hydrogen-bond donors (Lipinski definition) is 1. The molecular formula is C15H17N3O4. The third kappa shape index (κ3) is 3.69. The van der Waals surface area contributed by atoms with Crippen LogP contribution in [0.15, 0.2) is 36.9 Å². The van der Waals surface area contributed by atoms with Crippen molar-refractivity contribution in [3.05, 3.63) is 36.9 Å². The van der Waals surface area contributed by atoms with E-state index in [2.05, 4.69) is 10.3 Å². The summed E-state index contributed by atoms with van der Waals surface area (Å²) >= 11 is 0. The highest BCUT2D eigenvalue weighted by molar-refractivity contribution is 5.77. The summed E-state index contributed by atoms with van der Waals surface area (Å²) in [5.41, 5.74) is 0. The lowest BCUT2D eigenvalue weighted by atomic mass is 10.3. The molecule has 1 aromatic carbocycles. The van der Waals surface area contributed by atoms with Crippen LogP contribution in [0.1, 0.15) is 6.42 Å². The maximum atomic E-state index is 11.7. The molecule has 22 heavy (non-hydrogen) atoms. The molecule has 0 spiro atoms. The van der Waals surface area contributed by atoms with Gasteiger partial charge in [0.2, 0.25) is 6.79 Å². The highest BCUT2D eigenvalue weighted by Gasteiger charge is 2.14. The Bertz CT molecular complexity index is 628. The molecule has 0 atom stereocenters. The molecule has 0 saturated carbocycles. The predicted octanol–water partition coefficient (Wildman–Crippen LogP) is 1.20. The molecule has 1 aliphatic heterocycles. The average molecular weight is 303 g/mol. The minimum atomic E-state index is -0.150. The van der Waals surface area contributed by atoms with Gasteiger partial charge in [-0.3, -0.25) is 4.79 Å². The van der Waals surface area contributed by atoms with Crippen LogP contribution in [-0.4, -0.2) is 35.4 Å². The van der Waals surface area contributed by atoms with Crippen LogP contribution in [0.5, 0.6) is 17.2 Å². The lowest BCUT2D eigenvalue weighted by Gasteiger charge is -2.08. The first-order chi connectivity index (χ1) is 10.8. The van der Waals surface area contributed by atoms with Crippen LogP contribution in [-0.2, 0) is 11.3 Å². The highest BCUT2D eigenvalue weighted by Crippen LogP contribution is 2.34. The second kappa shape index (κ2) is 6.84. The summed E-state index contributed by atoms with van der Waals surface area (Å²) in [6.07, 6.45) is 6.22. The number of carbonyl (C=O) groups excluding carboxylic acids is 1. The van der Waals surface area contributed by atoms with Gasteiger partial charge in [0.25, 0.3) is 5.91 Å². The van der Waals surface area contributed by atoms with Gasteiger partial charge in [0.15, 0.2) is 18.1 Å². The predicted molar refractivity (Wildman–Crippen MR) is 77.9 cm³/mol. The molecule has 0 aliphatic carbocycles. The lowest BCUT2D eigenvalue weighted by Crippen LogP contribution is -2.30. The largest absolute Gasteiger partial charge is 0.484 e. The number of rotatable bonds is 7. The third-order valence-corrected chi connectivity index (χ3v) is 3.19. The maximum absolute atomic E-state index is 11.7. The Hall–Kier alpha value is -2.70. The van der Waals surface area contributed by atoms with Gasteiger partial charge in [0, 0.05) is 31.5 Å². The summed E-state index contributed by atoms with van der Waals surface area (Å²) in [4.78, 5) is 15.7. The average Bonchev–Trinajstić information content (AvgIpc) is 3.20. The molecule has 3 rings (SSSR count). The highest BCUT2D eigenvalue weighted by atomic mass is 16.7. The molecule has 116 valence electrons. The van der Waals surface area contributed by atoms with E-state index >= 15 is 0 Å². The topological polar surface area (TPSA) is 74.6 Å². The van der Waals surface area contributed by atoms with Gasteiger partial charge in [-0.15, -0.1) is 0 Å². The summed E-state index contributed by atoms with van der Waals surface area (Å²) in [6.45, 7) is 1.62. The van der Waals surface area contributed by atoms with Gasteiger partial charge < -0.3 is 24.1 Å². The Morgan fingerprint density at radius 1 is 1.36 bits per heavy atom. The third-order valence-electron chi connectivity index (χ3n) is 3.19. The summed E-state index contributed by atoms with van der Waals surface area (Å²) in [7, 11) is 0. The van der Waals surface area contributed by atoms with Gasteiger partial charge in [-0.1, -0.05) is 0 Å². The van der Waals surface area contributed by atoms with Gasteiger partial charge in [-0.05, 0) is 18.6 Å². The molecule has 1 N–H and O–H groups in total. The number of fused-ring (bicyclic) bond motifs is 1. The van der Waals surface area contributed by atoms with Gasteiger partial charge in [-0.25, -0.2) is 4.98 Å². The maximum Gasteiger partial charge on any atom is 0.257 e. The number of imidazole rings is 1. The molecule has 2 aromatic rings. The Kier molecular flexibility index (Phi) is 4.43. The van der Waals surface area contributed by atoms with E-state index in [-0.39, 0.29) is 19.3 Å². The smallest absolute Gasteiger partial charge is 0.257 e. The molecule has 7 heteroatoms. The Balaban J connectivity index is 1.35. The molecule has 1 aliphatic rings. The molecule has 7 nitrogen and oxygen atoms in total. The van der Waals surface area contributed by atoms with Crippen LogP contribution in [0, 0.1) is 0 Å². The zero-order valence-electron chi connectivity index (χ0n) is 12.0. The minimum absolute atomic E-state index is 0.0231. The van der Waals surface area contributed by atoms with E-state index in [9.17, 15) is 4.79 Å². The van der Waals surface area contributed by atoms with Crippen molar-refractivity contribution in [3.8, 4) is 17.2 Å². The second-order valence-electron chi connectivity index (χ2n) is 4.81. The first kappa shape index (κ1) is 14.2. The summed E-state index contributed by atoms with van der Waals surface area (Å²) < 4.78 is 17.9. The molecule has 1 aromatic heterocycles. The molecule has 0 saturated heterocycles. The first-order valence-corrected chi connectivity index (χ1v) is 7.06. The molecule has 0 radical (unpaired) electrons. The van der Waals surface area contributed by atoms with Crippen molar-refractivity contribution in [1.29, 1.82) is 0 Å². The summed E-state index contributed by atoms with van der Waals surface area (Å²) in [5.74, 6) is 1.76. The fourth-order valence-electron chi connectivity index (χ4n) is 2.08. The van der Waals surface area contributed by atoms with E-state index in [1.165, 1.54) is 0 Å². The van der Waals surface area contributed by atoms with E-state index in [0.717, 1.165) is 13.0 Å². The number of ether oxygens (including phenoxy) is 3. The number of amides is 1. The number of carbonyl (C=O) groups is 1. The van der Waals surface area contributed by atoms with Gasteiger partial charge in [0.1, 0.15) is 5.75 Å². The van der Waals surface area contributed by atoms with Crippen LogP contribution >= 0.6 is 0 Å². The fraction of sp³-hybridized carbons (Fsp3) is 0.333. The number of aryl methyl sites for hydroxylation is 1. The Morgan fingerprint density at radius 2 is 2.27 bits per heavy atom. The molecule has 1 amide bonds. The van der Waals surface area contributed by atoms with E-state index in [1.54, 1.807) is 30.7 Å². The Morgan fingerprint density at radius 3 is 3.14 bits per heavy atom. The lowest BCUT2D eigenvalue weighted by molar-refractivity contribution is -0.123. The van der Waals surface area contributed by atoms with Crippen molar-refractivity contribution in [2.75, 3.05) is 19.9 Å². The molecule has 0 fully saturated rings. The zero-order chi connectivity index (χ0) is 15.2. The Labute approximate surface area is 127 Å². The summed E-state index contributed by atoms with van der Waals surface area (Å²) in [5, 5.41) is 2.81. The molecular weight excluding hydrogens is 286 g/mol. The number of hydrogen-bond acceptors (Lipinski definition) is 5. The van der Waals surface area contributed by atoms with Crippen molar-refractivity contribution in [1.82, 2.24) is 14.9 Å². The number of nitrogens with zero attached hydrogens (tertiary/aromatic N) is 2. The van der Waals surface area contributed by atoms with Crippen molar-refractivity contribution in [2.24, 2.45) is 0 Å². The van der Waals surface area contributed by atoms with Crippen LogP contribution < -0.4 is 19.5 Å². The molecule has 0 bridgehead atoms. The van der Waals surface area contributed by atoms with E-state index in [4.69, 9.17) is 14.2 Å². The van der Waals surface area contributed by atoms with Crippen molar-refractivity contribution >= 4 is 5.91 Å². The summed E-state index contributed by atoms with van der Waals surface area (Å²) in [6, 6.07) is 5.23. The SMILES string of the molecule is O=C(COc1ccc2c(c1)OCO2)NCCCn1ccnc1. The number of benzene rings is 1. The number of aromatic nitrogens is 2. The monoisotopic (exact) mass is 303 g/mol. The van der Waals surface area contributed by atoms with Crippen LogP contribution in [0.2, 0.25) is 0 Å². The van der Waals surface area contributed by atoms with E-state index < -0.39 is 0 Å².